The number of rotatable bonds is 7. The topological polar surface area (TPSA) is 53.5 Å². The first-order chi connectivity index (χ1) is 32.2. The van der Waals surface area contributed by atoms with Gasteiger partial charge in [-0.15, -0.1) is 0 Å². The van der Waals surface area contributed by atoms with Crippen molar-refractivity contribution < 1.29 is 0 Å². The maximum Gasteiger partial charge on any atom is 0.164 e. The molecule has 13 aromatic rings. The van der Waals surface area contributed by atoms with Crippen molar-refractivity contribution in [3.63, 3.8) is 0 Å². The smallest absolute Gasteiger partial charge is 0.164 e. The van der Waals surface area contributed by atoms with Crippen molar-refractivity contribution in [1.82, 2.24) is 28.7 Å². The monoisotopic (exact) mass is 830 g/mol. The van der Waals surface area contributed by atoms with Crippen molar-refractivity contribution in [2.75, 3.05) is 0 Å². The number of aromatic nitrogens is 6. The van der Waals surface area contributed by atoms with E-state index in [4.69, 9.17) is 15.0 Å². The van der Waals surface area contributed by atoms with Gasteiger partial charge in [-0.05, 0) is 77.9 Å². The molecule has 0 aliphatic heterocycles. The van der Waals surface area contributed by atoms with Gasteiger partial charge in [0.2, 0.25) is 0 Å². The molecule has 0 aliphatic carbocycles. The van der Waals surface area contributed by atoms with E-state index in [1.165, 1.54) is 21.5 Å². The highest BCUT2D eigenvalue weighted by atomic mass is 15.1. The molecule has 0 radical (unpaired) electrons. The lowest BCUT2D eigenvalue weighted by molar-refractivity contribution is 1.07. The van der Waals surface area contributed by atoms with Crippen LogP contribution in [0.1, 0.15) is 0 Å². The van der Waals surface area contributed by atoms with Gasteiger partial charge >= 0.3 is 0 Å². The summed E-state index contributed by atoms with van der Waals surface area (Å²) in [5, 5.41) is 5.88. The third kappa shape index (κ3) is 6.07. The summed E-state index contributed by atoms with van der Waals surface area (Å²) in [5.74, 6) is 1.85. The molecular formula is C59H38N6. The molecule has 13 rings (SSSR count). The van der Waals surface area contributed by atoms with Crippen LogP contribution in [0.3, 0.4) is 0 Å². The minimum atomic E-state index is 0.600. The lowest BCUT2D eigenvalue weighted by atomic mass is 10.0. The fourth-order valence-electron chi connectivity index (χ4n) is 9.71. The van der Waals surface area contributed by atoms with Crippen molar-refractivity contribution in [2.24, 2.45) is 0 Å². The third-order valence-corrected chi connectivity index (χ3v) is 12.7. The molecule has 0 atom stereocenters. The molecule has 9 aromatic carbocycles. The summed E-state index contributed by atoms with van der Waals surface area (Å²) in [6.45, 7) is 0. The zero-order valence-electron chi connectivity index (χ0n) is 35.1. The van der Waals surface area contributed by atoms with E-state index < -0.39 is 0 Å². The molecule has 0 fully saturated rings. The van der Waals surface area contributed by atoms with Crippen molar-refractivity contribution in [3.8, 4) is 62.4 Å². The lowest BCUT2D eigenvalue weighted by Gasteiger charge is -2.16. The Bertz CT molecular complexity index is 3850. The van der Waals surface area contributed by atoms with E-state index in [-0.39, 0.29) is 0 Å². The molecule has 4 heterocycles. The maximum atomic E-state index is 5.25. The minimum Gasteiger partial charge on any atom is -0.317 e. The van der Waals surface area contributed by atoms with Crippen LogP contribution < -0.4 is 0 Å². The first kappa shape index (κ1) is 36.8. The highest BCUT2D eigenvalue weighted by Crippen LogP contribution is 2.44. The van der Waals surface area contributed by atoms with Gasteiger partial charge in [0, 0.05) is 66.9 Å². The molecule has 0 saturated carbocycles. The van der Waals surface area contributed by atoms with Gasteiger partial charge in [0.15, 0.2) is 17.5 Å². The Hall–Kier alpha value is -8.87. The van der Waals surface area contributed by atoms with Crippen LogP contribution in [-0.4, -0.2) is 28.7 Å². The van der Waals surface area contributed by atoms with Gasteiger partial charge in [-0.2, -0.15) is 0 Å². The van der Waals surface area contributed by atoms with Crippen molar-refractivity contribution in [2.45, 2.75) is 0 Å². The summed E-state index contributed by atoms with van der Waals surface area (Å²) in [7, 11) is 0. The third-order valence-electron chi connectivity index (χ3n) is 12.7. The molecule has 6 nitrogen and oxygen atoms in total. The first-order valence-corrected chi connectivity index (χ1v) is 21.9. The Morgan fingerprint density at radius 3 is 1.40 bits per heavy atom. The summed E-state index contributed by atoms with van der Waals surface area (Å²) in [5.41, 5.74) is 13.8. The fraction of sp³-hybridized carbons (Fsp3) is 0. The van der Waals surface area contributed by atoms with Crippen molar-refractivity contribution in [1.29, 1.82) is 0 Å². The molecule has 0 N–H and O–H groups in total. The molecule has 6 heteroatoms. The number of fused-ring (bicyclic) bond motifs is 8. The van der Waals surface area contributed by atoms with Gasteiger partial charge in [0.25, 0.3) is 0 Å². The predicted molar refractivity (Wildman–Crippen MR) is 267 cm³/mol. The fourth-order valence-corrected chi connectivity index (χ4v) is 9.71. The summed E-state index contributed by atoms with van der Waals surface area (Å²) >= 11 is 0. The van der Waals surface area contributed by atoms with E-state index in [0.29, 0.717) is 17.5 Å². The van der Waals surface area contributed by atoms with Crippen LogP contribution in [0.25, 0.3) is 117 Å². The molecule has 0 saturated heterocycles. The first-order valence-electron chi connectivity index (χ1n) is 21.9. The van der Waals surface area contributed by atoms with E-state index >= 15 is 0 Å². The zero-order chi connectivity index (χ0) is 42.8. The average Bonchev–Trinajstić information content (AvgIpc) is 4.06. The maximum absolute atomic E-state index is 5.25. The Kier molecular flexibility index (Phi) is 8.42. The van der Waals surface area contributed by atoms with Gasteiger partial charge < -0.3 is 13.7 Å². The van der Waals surface area contributed by atoms with Gasteiger partial charge in [0.1, 0.15) is 0 Å². The second-order valence-electron chi connectivity index (χ2n) is 16.5. The average molecular weight is 831 g/mol. The van der Waals surface area contributed by atoms with Gasteiger partial charge in [-0.1, -0.05) is 158 Å². The van der Waals surface area contributed by atoms with Crippen LogP contribution in [0, 0.1) is 0 Å². The molecule has 0 bridgehead atoms. The van der Waals surface area contributed by atoms with Gasteiger partial charge in [0.05, 0.1) is 27.6 Å². The van der Waals surface area contributed by atoms with E-state index in [1.54, 1.807) is 0 Å². The zero-order valence-corrected chi connectivity index (χ0v) is 35.1. The summed E-state index contributed by atoms with van der Waals surface area (Å²) < 4.78 is 7.22. The minimum absolute atomic E-state index is 0.600. The second kappa shape index (κ2) is 14.9. The summed E-state index contributed by atoms with van der Waals surface area (Å²) in [6, 6.07) is 79.5. The molecule has 4 aromatic heterocycles. The van der Waals surface area contributed by atoms with Crippen LogP contribution in [0.15, 0.2) is 231 Å². The summed E-state index contributed by atoms with van der Waals surface area (Å²) in [6.07, 6.45) is 2.18. The largest absolute Gasteiger partial charge is 0.317 e. The Balaban J connectivity index is 1.17. The van der Waals surface area contributed by atoms with Crippen LogP contribution >= 0.6 is 0 Å². The van der Waals surface area contributed by atoms with Gasteiger partial charge in [-0.25, -0.2) is 15.0 Å². The SMILES string of the molecule is c1ccc(-c2cc(-c3nc(-c4ccccc4)nc(-c4ccccc4)n3)cc(-n3c4cc5ccn(-c6ccccc6)c5cc4c4ccc5c6ccccc6n(-c6ccccc6)c5c43)c2)cc1. The normalized spacial score (nSPS) is 11.7. The molecule has 65 heavy (non-hydrogen) atoms. The Morgan fingerprint density at radius 1 is 0.277 bits per heavy atom. The Morgan fingerprint density at radius 2 is 0.769 bits per heavy atom. The number of nitrogens with zero attached hydrogens (tertiary/aromatic N) is 6. The number of para-hydroxylation sites is 3. The molecular weight excluding hydrogens is 793 g/mol. The van der Waals surface area contributed by atoms with Crippen LogP contribution in [0.4, 0.5) is 0 Å². The summed E-state index contributed by atoms with van der Waals surface area (Å²) in [4.78, 5) is 15.5. The predicted octanol–water partition coefficient (Wildman–Crippen LogP) is 14.7. The molecule has 0 aliphatic rings. The van der Waals surface area contributed by atoms with Crippen LogP contribution in [0.5, 0.6) is 0 Å². The Labute approximate surface area is 374 Å². The molecule has 0 spiro atoms. The van der Waals surface area contributed by atoms with Crippen LogP contribution in [0.2, 0.25) is 0 Å². The van der Waals surface area contributed by atoms with E-state index in [1.807, 2.05) is 36.4 Å². The highest BCUT2D eigenvalue weighted by molar-refractivity contribution is 6.25. The van der Waals surface area contributed by atoms with E-state index in [2.05, 4.69) is 208 Å². The van der Waals surface area contributed by atoms with Gasteiger partial charge in [-0.3, -0.25) is 0 Å². The second-order valence-corrected chi connectivity index (χ2v) is 16.5. The van der Waals surface area contributed by atoms with E-state index in [0.717, 1.165) is 77.8 Å². The molecule has 304 valence electrons. The molecule has 0 amide bonds. The highest BCUT2D eigenvalue weighted by Gasteiger charge is 2.24. The number of hydrogen-bond donors (Lipinski definition) is 0. The van der Waals surface area contributed by atoms with E-state index in [9.17, 15) is 0 Å². The van der Waals surface area contributed by atoms with Crippen molar-refractivity contribution in [3.05, 3.63) is 231 Å². The quantitative estimate of drug-likeness (QED) is 0.161. The lowest BCUT2D eigenvalue weighted by Crippen LogP contribution is -2.02. The van der Waals surface area contributed by atoms with Crippen LogP contribution in [-0.2, 0) is 0 Å². The number of hydrogen-bond acceptors (Lipinski definition) is 3. The van der Waals surface area contributed by atoms with Crippen molar-refractivity contribution >= 4 is 54.5 Å². The standard InChI is InChI=1S/C59H38N6/c1-6-18-39(19-7-1)43-34-44(59-61-57(40-20-8-2-9-21-40)60-58(62-59)41-22-10-3-11-23-41)36-47(35-43)65-54-37-42-32-33-63(45-24-12-4-13-25-45)53(42)38-51(54)50-31-30-49-48-28-16-17-29-52(48)64(55(49)56(50)65)46-26-14-5-15-27-46/h1-38H. The number of benzene rings is 9. The molecule has 0 unspecified atom stereocenters.